The number of nitrogens with zero attached hydrogens (tertiary/aromatic N) is 2. The quantitative estimate of drug-likeness (QED) is 0.698. The first-order valence-electron chi connectivity index (χ1n) is 5.56. The first-order valence-corrected chi connectivity index (χ1v) is 8.03. The van der Waals surface area contributed by atoms with Crippen molar-refractivity contribution in [2.45, 2.75) is 6.54 Å². The number of aromatic amines is 1. The van der Waals surface area contributed by atoms with Crippen molar-refractivity contribution in [3.63, 3.8) is 0 Å². The van der Waals surface area contributed by atoms with Gasteiger partial charge in [-0.3, -0.25) is 9.59 Å². The standard InChI is InChI=1S/C12H7Br2N3O2S/c13-6-3-7(14)12(19)17(4-6)5-9-15-8-1-2-20-10(8)11(18)16-9/h1-4H,5H2,(H,15,16,18). The van der Waals surface area contributed by atoms with Crippen LogP contribution in [-0.2, 0) is 6.54 Å². The van der Waals surface area contributed by atoms with Crippen LogP contribution >= 0.6 is 43.2 Å². The number of aromatic nitrogens is 3. The molecule has 0 saturated carbocycles. The van der Waals surface area contributed by atoms with Gasteiger partial charge < -0.3 is 9.55 Å². The Morgan fingerprint density at radius 2 is 2.15 bits per heavy atom. The van der Waals surface area contributed by atoms with Gasteiger partial charge >= 0.3 is 0 Å². The Morgan fingerprint density at radius 1 is 1.35 bits per heavy atom. The van der Waals surface area contributed by atoms with Crippen molar-refractivity contribution in [1.29, 1.82) is 0 Å². The molecular weight excluding hydrogens is 410 g/mol. The topological polar surface area (TPSA) is 67.8 Å². The number of halogens is 2. The highest BCUT2D eigenvalue weighted by Crippen LogP contribution is 2.15. The van der Waals surface area contributed by atoms with Crippen molar-refractivity contribution < 1.29 is 0 Å². The largest absolute Gasteiger partial charge is 0.308 e. The molecule has 1 N–H and O–H groups in total. The van der Waals surface area contributed by atoms with Crippen LogP contribution in [0.1, 0.15) is 5.82 Å². The second-order valence-electron chi connectivity index (χ2n) is 4.09. The lowest BCUT2D eigenvalue weighted by atomic mass is 10.4. The van der Waals surface area contributed by atoms with Crippen LogP contribution in [0.25, 0.3) is 10.2 Å². The highest BCUT2D eigenvalue weighted by Gasteiger charge is 2.08. The van der Waals surface area contributed by atoms with Gasteiger partial charge in [-0.05, 0) is 49.4 Å². The van der Waals surface area contributed by atoms with E-state index < -0.39 is 0 Å². The van der Waals surface area contributed by atoms with E-state index in [1.54, 1.807) is 18.3 Å². The normalized spacial score (nSPS) is 11.1. The maximum absolute atomic E-state index is 12.0. The van der Waals surface area contributed by atoms with E-state index in [9.17, 15) is 9.59 Å². The zero-order valence-corrected chi connectivity index (χ0v) is 13.9. The van der Waals surface area contributed by atoms with Gasteiger partial charge in [-0.25, -0.2) is 4.98 Å². The van der Waals surface area contributed by atoms with Crippen molar-refractivity contribution in [1.82, 2.24) is 14.5 Å². The Labute approximate surface area is 133 Å². The molecule has 0 unspecified atom stereocenters. The molecule has 0 fully saturated rings. The van der Waals surface area contributed by atoms with E-state index in [-0.39, 0.29) is 17.7 Å². The van der Waals surface area contributed by atoms with Crippen LogP contribution in [0.15, 0.2) is 42.2 Å². The van der Waals surface area contributed by atoms with Gasteiger partial charge in [-0.2, -0.15) is 0 Å². The second-order valence-corrected chi connectivity index (χ2v) is 6.77. The number of nitrogens with one attached hydrogen (secondary N) is 1. The van der Waals surface area contributed by atoms with Crippen LogP contribution < -0.4 is 11.1 Å². The SMILES string of the molecule is O=c1[nH]c(Cn2cc(Br)cc(Br)c2=O)nc2ccsc12. The lowest BCUT2D eigenvalue weighted by molar-refractivity contribution is 0.710. The van der Waals surface area contributed by atoms with Crippen LogP contribution in [0.4, 0.5) is 0 Å². The van der Waals surface area contributed by atoms with Gasteiger partial charge in [0.05, 0.1) is 16.5 Å². The van der Waals surface area contributed by atoms with Crippen molar-refractivity contribution in [3.05, 3.63) is 59.2 Å². The van der Waals surface area contributed by atoms with Gasteiger partial charge in [0.15, 0.2) is 0 Å². The fraction of sp³-hybridized carbons (Fsp3) is 0.0833. The lowest BCUT2D eigenvalue weighted by Gasteiger charge is -2.06. The molecule has 5 nitrogen and oxygen atoms in total. The summed E-state index contributed by atoms with van der Waals surface area (Å²) in [6.45, 7) is 0.206. The Morgan fingerprint density at radius 3 is 2.95 bits per heavy atom. The summed E-state index contributed by atoms with van der Waals surface area (Å²) in [6, 6.07) is 3.47. The fourth-order valence-electron chi connectivity index (χ4n) is 1.84. The summed E-state index contributed by atoms with van der Waals surface area (Å²) in [5, 5.41) is 1.82. The molecule has 0 radical (unpaired) electrons. The predicted molar refractivity (Wildman–Crippen MR) is 85.4 cm³/mol. The molecule has 0 aromatic carbocycles. The minimum Gasteiger partial charge on any atom is -0.308 e. The number of thiophene rings is 1. The summed E-state index contributed by atoms with van der Waals surface area (Å²) in [5.41, 5.74) is 0.291. The summed E-state index contributed by atoms with van der Waals surface area (Å²) in [4.78, 5) is 30.9. The second kappa shape index (κ2) is 5.27. The molecule has 0 amide bonds. The Hall–Kier alpha value is -1.25. The molecule has 3 aromatic rings. The molecule has 0 bridgehead atoms. The van der Waals surface area contributed by atoms with E-state index in [1.807, 2.05) is 5.38 Å². The predicted octanol–water partition coefficient (Wildman–Crippen LogP) is 2.72. The first kappa shape index (κ1) is 13.7. The monoisotopic (exact) mass is 415 g/mol. The molecule has 3 aromatic heterocycles. The van der Waals surface area contributed by atoms with Gasteiger partial charge in [0.2, 0.25) is 0 Å². The number of rotatable bonds is 2. The third-order valence-electron chi connectivity index (χ3n) is 2.69. The average Bonchev–Trinajstić information content (AvgIpc) is 2.84. The van der Waals surface area contributed by atoms with Crippen LogP contribution in [0.2, 0.25) is 0 Å². The molecular formula is C12H7Br2N3O2S. The van der Waals surface area contributed by atoms with Gasteiger partial charge in [-0.1, -0.05) is 0 Å². The maximum atomic E-state index is 12.0. The molecule has 0 atom stereocenters. The number of hydrogen-bond acceptors (Lipinski definition) is 4. The minimum absolute atomic E-state index is 0.179. The number of pyridine rings is 1. The molecule has 0 aliphatic carbocycles. The third kappa shape index (κ3) is 2.50. The van der Waals surface area contributed by atoms with E-state index in [0.29, 0.717) is 20.5 Å². The summed E-state index contributed by atoms with van der Waals surface area (Å²) >= 11 is 7.88. The molecule has 0 aliphatic heterocycles. The molecule has 102 valence electrons. The van der Waals surface area contributed by atoms with Crippen molar-refractivity contribution in [2.75, 3.05) is 0 Å². The van der Waals surface area contributed by atoms with E-state index in [2.05, 4.69) is 41.8 Å². The highest BCUT2D eigenvalue weighted by atomic mass is 79.9. The minimum atomic E-state index is -0.179. The third-order valence-corrected chi connectivity index (χ3v) is 4.60. The van der Waals surface area contributed by atoms with E-state index in [4.69, 9.17) is 0 Å². The summed E-state index contributed by atoms with van der Waals surface area (Å²) in [5.74, 6) is 0.452. The molecule has 3 rings (SSSR count). The summed E-state index contributed by atoms with van der Waals surface area (Å²) in [7, 11) is 0. The first-order chi connectivity index (χ1) is 9.54. The van der Waals surface area contributed by atoms with Crippen LogP contribution in [-0.4, -0.2) is 14.5 Å². The van der Waals surface area contributed by atoms with Crippen LogP contribution in [0.5, 0.6) is 0 Å². The molecule has 0 saturated heterocycles. The summed E-state index contributed by atoms with van der Waals surface area (Å²) in [6.07, 6.45) is 1.66. The van der Waals surface area contributed by atoms with Crippen LogP contribution in [0, 0.1) is 0 Å². The number of hydrogen-bond donors (Lipinski definition) is 1. The molecule has 3 heterocycles. The fourth-order valence-corrected chi connectivity index (χ4v) is 3.82. The molecule has 8 heteroatoms. The lowest BCUT2D eigenvalue weighted by Crippen LogP contribution is -2.23. The smallest absolute Gasteiger partial charge is 0.268 e. The molecule has 0 aliphatic rings. The van der Waals surface area contributed by atoms with Gasteiger partial charge in [-0.15, -0.1) is 11.3 Å². The highest BCUT2D eigenvalue weighted by molar-refractivity contribution is 9.11. The van der Waals surface area contributed by atoms with E-state index in [0.717, 1.165) is 4.47 Å². The van der Waals surface area contributed by atoms with Gasteiger partial charge in [0.25, 0.3) is 11.1 Å². The number of H-pyrrole nitrogens is 1. The van der Waals surface area contributed by atoms with E-state index in [1.165, 1.54) is 15.9 Å². The Bertz CT molecular complexity index is 913. The van der Waals surface area contributed by atoms with E-state index >= 15 is 0 Å². The summed E-state index contributed by atoms with van der Waals surface area (Å²) < 4.78 is 3.29. The molecule has 20 heavy (non-hydrogen) atoms. The number of fused-ring (bicyclic) bond motifs is 1. The van der Waals surface area contributed by atoms with Gasteiger partial charge in [0, 0.05) is 10.7 Å². The molecule has 0 spiro atoms. The van der Waals surface area contributed by atoms with Crippen molar-refractivity contribution in [2.24, 2.45) is 0 Å². The zero-order chi connectivity index (χ0) is 14.3. The maximum Gasteiger partial charge on any atom is 0.268 e. The average molecular weight is 417 g/mol. The van der Waals surface area contributed by atoms with Crippen molar-refractivity contribution >= 4 is 53.4 Å². The van der Waals surface area contributed by atoms with Gasteiger partial charge in [0.1, 0.15) is 10.5 Å². The Balaban J connectivity index is 2.10. The van der Waals surface area contributed by atoms with Crippen molar-refractivity contribution in [3.8, 4) is 0 Å². The van der Waals surface area contributed by atoms with Crippen LogP contribution in [0.3, 0.4) is 0 Å². The zero-order valence-electron chi connectivity index (χ0n) is 9.89. The Kier molecular flexibility index (Phi) is 3.61.